The molecule has 0 bridgehead atoms. The van der Waals surface area contributed by atoms with Crippen molar-refractivity contribution in [3.8, 4) is 0 Å². The molecule has 0 aliphatic heterocycles. The lowest BCUT2D eigenvalue weighted by molar-refractivity contribution is 0.0522. The number of nitrogens with one attached hydrogen (secondary N) is 2. The van der Waals surface area contributed by atoms with Crippen LogP contribution >= 0.6 is 0 Å². The van der Waals surface area contributed by atoms with Gasteiger partial charge in [-0.05, 0) is 57.1 Å². The van der Waals surface area contributed by atoms with Crippen molar-refractivity contribution in [2.24, 2.45) is 0 Å². The van der Waals surface area contributed by atoms with Crippen molar-refractivity contribution in [3.63, 3.8) is 0 Å². The molecular formula is C18H26N2O2. The van der Waals surface area contributed by atoms with Crippen molar-refractivity contribution < 1.29 is 9.53 Å². The number of carbonyl (C=O) groups is 1. The van der Waals surface area contributed by atoms with Crippen LogP contribution in [0.25, 0.3) is 0 Å². The first-order chi connectivity index (χ1) is 10.4. The molecular weight excluding hydrogens is 276 g/mol. The van der Waals surface area contributed by atoms with Gasteiger partial charge in [0.1, 0.15) is 5.60 Å². The van der Waals surface area contributed by atoms with E-state index in [4.69, 9.17) is 4.74 Å². The molecule has 0 heterocycles. The van der Waals surface area contributed by atoms with Crippen LogP contribution in [0.2, 0.25) is 0 Å². The number of ether oxygens (including phenoxy) is 1. The first-order valence-corrected chi connectivity index (χ1v) is 8.22. The lowest BCUT2D eigenvalue weighted by Crippen LogP contribution is -2.36. The molecule has 0 saturated heterocycles. The van der Waals surface area contributed by atoms with Crippen LogP contribution in [0.15, 0.2) is 24.3 Å². The number of amides is 1. The molecule has 120 valence electrons. The molecule has 0 aromatic heterocycles. The summed E-state index contributed by atoms with van der Waals surface area (Å²) in [7, 11) is 0. The summed E-state index contributed by atoms with van der Waals surface area (Å²) in [6, 6.07) is 9.40. The summed E-state index contributed by atoms with van der Waals surface area (Å²) < 4.78 is 5.27. The number of carbonyl (C=O) groups excluding carboxylic acids is 1. The van der Waals surface area contributed by atoms with Crippen LogP contribution in [0.1, 0.15) is 57.1 Å². The van der Waals surface area contributed by atoms with Gasteiger partial charge in [0.2, 0.25) is 0 Å². The standard InChI is InChI=1S/C18H26N2O2/c1-18(2,3)22-17(21)20-16-10-15(16)19-11-12-5-4-6-14(9-12)13-7-8-13/h4-6,9,13,15-16,19H,7-8,10-11H2,1-3H3,(H,20,21). The normalized spacial score (nSPS) is 24.0. The SMILES string of the molecule is CC(C)(C)OC(=O)NC1CC1NCc1cccc(C2CC2)c1. The molecule has 2 aliphatic rings. The van der Waals surface area contributed by atoms with Gasteiger partial charge in [-0.25, -0.2) is 4.79 Å². The van der Waals surface area contributed by atoms with Gasteiger partial charge in [0.05, 0.1) is 0 Å². The van der Waals surface area contributed by atoms with E-state index in [0.717, 1.165) is 18.9 Å². The molecule has 2 N–H and O–H groups in total. The van der Waals surface area contributed by atoms with E-state index in [9.17, 15) is 4.79 Å². The molecule has 2 fully saturated rings. The second-order valence-corrected chi connectivity index (χ2v) is 7.50. The molecule has 2 atom stereocenters. The summed E-state index contributed by atoms with van der Waals surface area (Å²) in [4.78, 5) is 11.7. The van der Waals surface area contributed by atoms with Crippen molar-refractivity contribution in [1.82, 2.24) is 10.6 Å². The fraction of sp³-hybridized carbons (Fsp3) is 0.611. The summed E-state index contributed by atoms with van der Waals surface area (Å²) in [5.41, 5.74) is 2.36. The minimum atomic E-state index is -0.439. The summed E-state index contributed by atoms with van der Waals surface area (Å²) >= 11 is 0. The molecule has 4 heteroatoms. The second-order valence-electron chi connectivity index (χ2n) is 7.50. The zero-order valence-electron chi connectivity index (χ0n) is 13.7. The van der Waals surface area contributed by atoms with E-state index in [1.165, 1.54) is 24.0 Å². The maximum atomic E-state index is 11.7. The van der Waals surface area contributed by atoms with Gasteiger partial charge in [-0.15, -0.1) is 0 Å². The van der Waals surface area contributed by atoms with Gasteiger partial charge >= 0.3 is 6.09 Å². The second kappa shape index (κ2) is 5.92. The molecule has 0 radical (unpaired) electrons. The van der Waals surface area contributed by atoms with Gasteiger partial charge in [0.15, 0.2) is 0 Å². The molecule has 1 aromatic carbocycles. The molecule has 22 heavy (non-hydrogen) atoms. The van der Waals surface area contributed by atoms with Crippen LogP contribution in [0.5, 0.6) is 0 Å². The van der Waals surface area contributed by atoms with Crippen molar-refractivity contribution >= 4 is 6.09 Å². The van der Waals surface area contributed by atoms with Crippen molar-refractivity contribution in [2.75, 3.05) is 0 Å². The number of hydrogen-bond acceptors (Lipinski definition) is 3. The number of rotatable bonds is 5. The predicted octanol–water partition coefficient (Wildman–Crippen LogP) is 3.32. The van der Waals surface area contributed by atoms with Gasteiger partial charge < -0.3 is 15.4 Å². The third kappa shape index (κ3) is 4.47. The number of benzene rings is 1. The van der Waals surface area contributed by atoms with Gasteiger partial charge in [0.25, 0.3) is 0 Å². The summed E-state index contributed by atoms with van der Waals surface area (Å²) in [5, 5.41) is 6.42. The third-order valence-electron chi connectivity index (χ3n) is 4.06. The number of alkyl carbamates (subject to hydrolysis) is 1. The molecule has 1 aromatic rings. The van der Waals surface area contributed by atoms with E-state index in [0.29, 0.717) is 6.04 Å². The minimum Gasteiger partial charge on any atom is -0.444 e. The molecule has 3 rings (SSSR count). The highest BCUT2D eigenvalue weighted by Crippen LogP contribution is 2.40. The Labute approximate surface area is 132 Å². The van der Waals surface area contributed by atoms with Crippen LogP contribution in [-0.4, -0.2) is 23.8 Å². The van der Waals surface area contributed by atoms with E-state index in [1.54, 1.807) is 0 Å². The zero-order chi connectivity index (χ0) is 15.7. The predicted molar refractivity (Wildman–Crippen MR) is 86.8 cm³/mol. The lowest BCUT2D eigenvalue weighted by Gasteiger charge is -2.19. The maximum Gasteiger partial charge on any atom is 0.407 e. The molecule has 2 unspecified atom stereocenters. The van der Waals surface area contributed by atoms with Gasteiger partial charge in [0, 0.05) is 18.6 Å². The first kappa shape index (κ1) is 15.3. The van der Waals surface area contributed by atoms with E-state index in [2.05, 4.69) is 34.9 Å². The van der Waals surface area contributed by atoms with Crippen LogP contribution in [0.4, 0.5) is 4.79 Å². The summed E-state index contributed by atoms with van der Waals surface area (Å²) in [6.07, 6.45) is 3.32. The van der Waals surface area contributed by atoms with Crippen molar-refractivity contribution in [2.45, 2.75) is 70.2 Å². The lowest BCUT2D eigenvalue weighted by atomic mass is 10.1. The van der Waals surface area contributed by atoms with Crippen LogP contribution in [-0.2, 0) is 11.3 Å². The zero-order valence-corrected chi connectivity index (χ0v) is 13.7. The van der Waals surface area contributed by atoms with Crippen molar-refractivity contribution in [3.05, 3.63) is 35.4 Å². The van der Waals surface area contributed by atoms with Gasteiger partial charge in [-0.3, -0.25) is 0 Å². The Morgan fingerprint density at radius 3 is 2.73 bits per heavy atom. The number of hydrogen-bond donors (Lipinski definition) is 2. The van der Waals surface area contributed by atoms with E-state index in [1.807, 2.05) is 20.8 Å². The van der Waals surface area contributed by atoms with Crippen LogP contribution in [0.3, 0.4) is 0 Å². The molecule has 2 saturated carbocycles. The topological polar surface area (TPSA) is 50.4 Å². The monoisotopic (exact) mass is 302 g/mol. The summed E-state index contributed by atoms with van der Waals surface area (Å²) in [6.45, 7) is 6.49. The fourth-order valence-corrected chi connectivity index (χ4v) is 2.66. The Balaban J connectivity index is 1.40. The molecule has 2 aliphatic carbocycles. The maximum absolute atomic E-state index is 11.7. The average Bonchev–Trinajstić information content (AvgIpc) is 3.30. The van der Waals surface area contributed by atoms with E-state index in [-0.39, 0.29) is 12.1 Å². The summed E-state index contributed by atoms with van der Waals surface area (Å²) in [5.74, 6) is 0.794. The average molecular weight is 302 g/mol. The molecule has 4 nitrogen and oxygen atoms in total. The Kier molecular flexibility index (Phi) is 4.13. The van der Waals surface area contributed by atoms with Crippen LogP contribution in [0, 0.1) is 0 Å². The van der Waals surface area contributed by atoms with E-state index >= 15 is 0 Å². The molecule has 0 spiro atoms. The Hall–Kier alpha value is -1.55. The largest absolute Gasteiger partial charge is 0.444 e. The molecule has 1 amide bonds. The first-order valence-electron chi connectivity index (χ1n) is 8.22. The minimum absolute atomic E-state index is 0.196. The van der Waals surface area contributed by atoms with Gasteiger partial charge in [-0.1, -0.05) is 24.3 Å². The van der Waals surface area contributed by atoms with E-state index < -0.39 is 5.60 Å². The highest BCUT2D eigenvalue weighted by atomic mass is 16.6. The van der Waals surface area contributed by atoms with Gasteiger partial charge in [-0.2, -0.15) is 0 Å². The highest BCUT2D eigenvalue weighted by molar-refractivity contribution is 5.68. The Morgan fingerprint density at radius 1 is 1.27 bits per heavy atom. The fourth-order valence-electron chi connectivity index (χ4n) is 2.66. The third-order valence-corrected chi connectivity index (χ3v) is 4.06. The Morgan fingerprint density at radius 2 is 2.05 bits per heavy atom. The quantitative estimate of drug-likeness (QED) is 0.877. The van der Waals surface area contributed by atoms with Crippen LogP contribution < -0.4 is 10.6 Å². The highest BCUT2D eigenvalue weighted by Gasteiger charge is 2.38. The Bertz CT molecular complexity index is 546. The van der Waals surface area contributed by atoms with Crippen molar-refractivity contribution in [1.29, 1.82) is 0 Å². The smallest absolute Gasteiger partial charge is 0.407 e.